The van der Waals surface area contributed by atoms with E-state index in [-0.39, 0.29) is 6.10 Å². The second-order valence-electron chi connectivity index (χ2n) is 6.26. The summed E-state index contributed by atoms with van der Waals surface area (Å²) in [6.45, 7) is 5.55. The minimum absolute atomic E-state index is 0.126. The van der Waals surface area contributed by atoms with Crippen molar-refractivity contribution in [3.8, 4) is 17.2 Å². The lowest BCUT2D eigenvalue weighted by Gasteiger charge is -2.27. The lowest BCUT2D eigenvalue weighted by molar-refractivity contribution is 0.230. The Bertz CT molecular complexity index is 684. The number of fused-ring (bicyclic) bond motifs is 1. The Hall–Kier alpha value is -2.20. The summed E-state index contributed by atoms with van der Waals surface area (Å²) in [4.78, 5) is 0. The molecule has 0 saturated carbocycles. The predicted octanol–water partition coefficient (Wildman–Crippen LogP) is 4.10. The van der Waals surface area contributed by atoms with Gasteiger partial charge in [-0.1, -0.05) is 24.3 Å². The molecule has 1 heterocycles. The van der Waals surface area contributed by atoms with Gasteiger partial charge in [0.2, 0.25) is 0 Å². The molecule has 0 radical (unpaired) electrons. The van der Waals surface area contributed by atoms with Gasteiger partial charge in [0.05, 0.1) is 19.8 Å². The van der Waals surface area contributed by atoms with Crippen LogP contribution in [0.25, 0.3) is 0 Å². The highest BCUT2D eigenvalue weighted by molar-refractivity contribution is 5.43. The summed E-state index contributed by atoms with van der Waals surface area (Å²) >= 11 is 0. The number of para-hydroxylation sites is 1. The van der Waals surface area contributed by atoms with Crippen LogP contribution in [0.4, 0.5) is 0 Å². The molecular formula is C20H25NO3. The van der Waals surface area contributed by atoms with Crippen molar-refractivity contribution in [2.75, 3.05) is 13.7 Å². The minimum Gasteiger partial charge on any atom is -0.493 e. The quantitative estimate of drug-likeness (QED) is 0.867. The van der Waals surface area contributed by atoms with Crippen molar-refractivity contribution in [2.45, 2.75) is 39.0 Å². The molecule has 1 atom stereocenters. The molecule has 0 fully saturated rings. The third-order valence-electron chi connectivity index (χ3n) is 4.10. The number of hydrogen-bond acceptors (Lipinski definition) is 4. The number of benzene rings is 2. The van der Waals surface area contributed by atoms with Gasteiger partial charge in [0.25, 0.3) is 0 Å². The third-order valence-corrected chi connectivity index (χ3v) is 4.10. The molecule has 0 bridgehead atoms. The minimum atomic E-state index is 0.126. The van der Waals surface area contributed by atoms with Crippen molar-refractivity contribution in [3.63, 3.8) is 0 Å². The topological polar surface area (TPSA) is 39.7 Å². The summed E-state index contributed by atoms with van der Waals surface area (Å²) in [6, 6.07) is 14.6. The Morgan fingerprint density at radius 3 is 2.79 bits per heavy atom. The molecule has 4 nitrogen and oxygen atoms in total. The largest absolute Gasteiger partial charge is 0.493 e. The van der Waals surface area contributed by atoms with Crippen molar-refractivity contribution in [2.24, 2.45) is 0 Å². The predicted molar refractivity (Wildman–Crippen MR) is 94.9 cm³/mol. The summed E-state index contributed by atoms with van der Waals surface area (Å²) in [5.74, 6) is 2.54. The molecule has 4 heteroatoms. The number of rotatable bonds is 6. The Morgan fingerprint density at radius 1 is 1.17 bits per heavy atom. The van der Waals surface area contributed by atoms with Crippen LogP contribution < -0.4 is 19.5 Å². The average Bonchev–Trinajstić information content (AvgIpc) is 2.60. The maximum atomic E-state index is 5.77. The highest BCUT2D eigenvalue weighted by Crippen LogP contribution is 2.32. The van der Waals surface area contributed by atoms with Crippen LogP contribution in [-0.4, -0.2) is 19.8 Å². The van der Waals surface area contributed by atoms with Gasteiger partial charge in [-0.05, 0) is 37.6 Å². The van der Waals surface area contributed by atoms with Crippen molar-refractivity contribution in [1.82, 2.24) is 5.32 Å². The van der Waals surface area contributed by atoms with Crippen molar-refractivity contribution < 1.29 is 14.2 Å². The third kappa shape index (κ3) is 3.82. The molecule has 0 aliphatic carbocycles. The van der Waals surface area contributed by atoms with Crippen LogP contribution in [0.1, 0.15) is 37.4 Å². The Morgan fingerprint density at radius 2 is 2.00 bits per heavy atom. The van der Waals surface area contributed by atoms with Gasteiger partial charge < -0.3 is 19.5 Å². The fourth-order valence-electron chi connectivity index (χ4n) is 2.97. The molecule has 0 spiro atoms. The van der Waals surface area contributed by atoms with E-state index < -0.39 is 0 Å². The van der Waals surface area contributed by atoms with Crippen molar-refractivity contribution >= 4 is 0 Å². The second kappa shape index (κ2) is 7.58. The number of nitrogens with one attached hydrogen (secondary N) is 1. The van der Waals surface area contributed by atoms with Gasteiger partial charge in [-0.3, -0.25) is 0 Å². The summed E-state index contributed by atoms with van der Waals surface area (Å²) in [6.07, 6.45) is 1.10. The van der Waals surface area contributed by atoms with Crippen LogP contribution in [0.15, 0.2) is 42.5 Å². The maximum Gasteiger partial charge on any atom is 0.161 e. The average molecular weight is 327 g/mol. The fraction of sp³-hybridized carbons (Fsp3) is 0.400. The Labute approximate surface area is 143 Å². The molecular weight excluding hydrogens is 302 g/mol. The fourth-order valence-corrected chi connectivity index (χ4v) is 2.97. The zero-order chi connectivity index (χ0) is 16.9. The van der Waals surface area contributed by atoms with Crippen molar-refractivity contribution in [3.05, 3.63) is 53.6 Å². The van der Waals surface area contributed by atoms with Crippen LogP contribution in [0.5, 0.6) is 17.2 Å². The molecule has 1 aliphatic rings. The van der Waals surface area contributed by atoms with Crippen LogP contribution in [-0.2, 0) is 6.54 Å². The van der Waals surface area contributed by atoms with Crippen LogP contribution in [0, 0.1) is 0 Å². The van der Waals surface area contributed by atoms with Crippen molar-refractivity contribution in [1.29, 1.82) is 0 Å². The van der Waals surface area contributed by atoms with Gasteiger partial charge in [-0.15, -0.1) is 0 Å². The highest BCUT2D eigenvalue weighted by atomic mass is 16.5. The molecule has 1 aliphatic heterocycles. The van der Waals surface area contributed by atoms with Crippen LogP contribution in [0.2, 0.25) is 0 Å². The summed E-state index contributed by atoms with van der Waals surface area (Å²) < 4.78 is 17.0. The first-order chi connectivity index (χ1) is 11.7. The normalized spacial score (nSPS) is 16.4. The summed E-state index contributed by atoms with van der Waals surface area (Å²) in [5, 5.41) is 3.63. The monoisotopic (exact) mass is 327 g/mol. The number of methoxy groups -OCH3 is 1. The van der Waals surface area contributed by atoms with Gasteiger partial charge in [-0.25, -0.2) is 0 Å². The molecule has 2 aromatic rings. The maximum absolute atomic E-state index is 5.77. The van der Waals surface area contributed by atoms with E-state index in [4.69, 9.17) is 14.2 Å². The van der Waals surface area contributed by atoms with E-state index in [9.17, 15) is 0 Å². The first kappa shape index (κ1) is 16.7. The zero-order valence-electron chi connectivity index (χ0n) is 14.5. The number of hydrogen-bond donors (Lipinski definition) is 1. The molecule has 1 N–H and O–H groups in total. The summed E-state index contributed by atoms with van der Waals surface area (Å²) in [7, 11) is 1.68. The standard InChI is InChI=1S/C20H25NO3/c1-14(2)24-19-9-8-15(12-20(19)22-3)13-21-17-10-11-23-18-7-5-4-6-16(17)18/h4-9,12,14,17,21H,10-11,13H2,1-3H3. The van der Waals surface area contributed by atoms with Gasteiger partial charge in [0.15, 0.2) is 11.5 Å². The Kier molecular flexibility index (Phi) is 5.26. The van der Waals surface area contributed by atoms with Crippen LogP contribution in [0.3, 0.4) is 0 Å². The zero-order valence-corrected chi connectivity index (χ0v) is 14.5. The lowest BCUT2D eigenvalue weighted by atomic mass is 10.0. The van der Waals surface area contributed by atoms with E-state index in [2.05, 4.69) is 23.5 Å². The molecule has 2 aromatic carbocycles. The molecule has 24 heavy (non-hydrogen) atoms. The summed E-state index contributed by atoms with van der Waals surface area (Å²) in [5.41, 5.74) is 2.41. The Balaban J connectivity index is 1.69. The van der Waals surface area contributed by atoms with E-state index in [1.54, 1.807) is 7.11 Å². The molecule has 128 valence electrons. The first-order valence-corrected chi connectivity index (χ1v) is 8.46. The van der Waals surface area contributed by atoms with E-state index in [0.29, 0.717) is 6.04 Å². The van der Waals surface area contributed by atoms with E-state index >= 15 is 0 Å². The molecule has 0 saturated heterocycles. The first-order valence-electron chi connectivity index (χ1n) is 8.46. The SMILES string of the molecule is COc1cc(CNC2CCOc3ccccc32)ccc1OC(C)C. The molecule has 0 amide bonds. The van der Waals surface area contributed by atoms with Gasteiger partial charge in [0, 0.05) is 24.6 Å². The molecule has 0 aromatic heterocycles. The van der Waals surface area contributed by atoms with Gasteiger partial charge >= 0.3 is 0 Å². The van der Waals surface area contributed by atoms with Gasteiger partial charge in [0.1, 0.15) is 5.75 Å². The van der Waals surface area contributed by atoms with E-state index in [1.807, 2.05) is 38.1 Å². The highest BCUT2D eigenvalue weighted by Gasteiger charge is 2.20. The molecule has 3 rings (SSSR count). The molecule has 1 unspecified atom stereocenters. The van der Waals surface area contributed by atoms with Gasteiger partial charge in [-0.2, -0.15) is 0 Å². The second-order valence-corrected chi connectivity index (χ2v) is 6.26. The van der Waals surface area contributed by atoms with Crippen LogP contribution >= 0.6 is 0 Å². The van der Waals surface area contributed by atoms with E-state index in [1.165, 1.54) is 11.1 Å². The number of ether oxygens (including phenoxy) is 3. The smallest absolute Gasteiger partial charge is 0.161 e. The van der Waals surface area contributed by atoms with E-state index in [0.717, 1.165) is 36.8 Å². The lowest BCUT2D eigenvalue weighted by Crippen LogP contribution is -2.26.